The third-order valence-electron chi connectivity index (χ3n) is 4.21. The predicted molar refractivity (Wildman–Crippen MR) is 86.5 cm³/mol. The van der Waals surface area contributed by atoms with Gasteiger partial charge in [0.05, 0.1) is 5.56 Å². The van der Waals surface area contributed by atoms with Crippen LogP contribution in [0.1, 0.15) is 28.8 Å². The number of nitrogens with one attached hydrogen (secondary N) is 2. The standard InChI is InChI=1S/C16H18N4O5/c17-16(24)25-7-6-18-10-3-1-2-9-8-20(15(23)13(9)10)11-4-5-12(21)19-14(11)22/h1-3,11,18H,4-8H2,(H2,17,24)(H,19,21,22). The van der Waals surface area contributed by atoms with Crippen LogP contribution in [0.2, 0.25) is 0 Å². The molecular formula is C16H18N4O5. The van der Waals surface area contributed by atoms with Gasteiger partial charge in [-0.25, -0.2) is 4.79 Å². The molecule has 4 N–H and O–H groups in total. The third-order valence-corrected chi connectivity index (χ3v) is 4.21. The summed E-state index contributed by atoms with van der Waals surface area (Å²) in [6.07, 6.45) is -0.327. The zero-order chi connectivity index (χ0) is 18.0. The minimum Gasteiger partial charge on any atom is -0.448 e. The summed E-state index contributed by atoms with van der Waals surface area (Å²) in [6.45, 7) is 0.683. The second kappa shape index (κ2) is 6.80. The highest BCUT2D eigenvalue weighted by molar-refractivity contribution is 6.07. The maximum Gasteiger partial charge on any atom is 0.404 e. The van der Waals surface area contributed by atoms with E-state index in [1.165, 1.54) is 4.90 Å². The molecule has 0 bridgehead atoms. The van der Waals surface area contributed by atoms with Crippen molar-refractivity contribution in [2.24, 2.45) is 5.73 Å². The first-order chi connectivity index (χ1) is 12.0. The van der Waals surface area contributed by atoms with Gasteiger partial charge in [0.1, 0.15) is 12.6 Å². The third kappa shape index (κ3) is 3.39. The van der Waals surface area contributed by atoms with Crippen molar-refractivity contribution in [3.05, 3.63) is 29.3 Å². The molecule has 0 spiro atoms. The summed E-state index contributed by atoms with van der Waals surface area (Å²) in [7, 11) is 0. The quantitative estimate of drug-likeness (QED) is 0.506. The van der Waals surface area contributed by atoms with Crippen molar-refractivity contribution in [1.29, 1.82) is 0 Å². The Morgan fingerprint density at radius 1 is 1.36 bits per heavy atom. The lowest BCUT2D eigenvalue weighted by atomic mass is 10.0. The summed E-state index contributed by atoms with van der Waals surface area (Å²) in [5.41, 5.74) is 6.79. The van der Waals surface area contributed by atoms with Crippen LogP contribution in [0.4, 0.5) is 10.5 Å². The highest BCUT2D eigenvalue weighted by Crippen LogP contribution is 2.32. The van der Waals surface area contributed by atoms with Crippen molar-refractivity contribution in [2.45, 2.75) is 25.4 Å². The number of anilines is 1. The molecule has 0 aromatic heterocycles. The van der Waals surface area contributed by atoms with Crippen LogP contribution >= 0.6 is 0 Å². The van der Waals surface area contributed by atoms with Crippen LogP contribution in [0, 0.1) is 0 Å². The van der Waals surface area contributed by atoms with Gasteiger partial charge in [0.2, 0.25) is 11.8 Å². The number of amides is 4. The minimum atomic E-state index is -0.861. The molecular weight excluding hydrogens is 328 g/mol. The number of hydrogen-bond donors (Lipinski definition) is 3. The van der Waals surface area contributed by atoms with Gasteiger partial charge in [-0.3, -0.25) is 19.7 Å². The first kappa shape index (κ1) is 16.7. The van der Waals surface area contributed by atoms with Crippen molar-refractivity contribution in [3.63, 3.8) is 0 Å². The number of ether oxygens (including phenoxy) is 1. The van der Waals surface area contributed by atoms with E-state index in [0.29, 0.717) is 30.8 Å². The number of nitrogens with two attached hydrogens (primary N) is 1. The topological polar surface area (TPSA) is 131 Å². The van der Waals surface area contributed by atoms with Crippen molar-refractivity contribution >= 4 is 29.5 Å². The maximum absolute atomic E-state index is 12.8. The number of nitrogens with zero attached hydrogens (tertiary/aromatic N) is 1. The molecule has 4 amide bonds. The average Bonchev–Trinajstić information content (AvgIpc) is 2.89. The van der Waals surface area contributed by atoms with Gasteiger partial charge in [-0.15, -0.1) is 0 Å². The molecule has 2 heterocycles. The lowest BCUT2D eigenvalue weighted by Gasteiger charge is -2.29. The van der Waals surface area contributed by atoms with Crippen LogP contribution in [0.5, 0.6) is 0 Å². The SMILES string of the molecule is NC(=O)OCCNc1cccc2c1C(=O)N(C1CCC(=O)NC1=O)C2. The number of imide groups is 1. The fourth-order valence-corrected chi connectivity index (χ4v) is 3.10. The Labute approximate surface area is 143 Å². The lowest BCUT2D eigenvalue weighted by molar-refractivity contribution is -0.136. The van der Waals surface area contributed by atoms with Gasteiger partial charge < -0.3 is 20.7 Å². The predicted octanol–water partition coefficient (Wildman–Crippen LogP) is -0.0452. The molecule has 0 radical (unpaired) electrons. The Bertz CT molecular complexity index is 748. The molecule has 2 aliphatic rings. The molecule has 1 aromatic carbocycles. The normalized spacial score (nSPS) is 19.4. The second-order valence-electron chi connectivity index (χ2n) is 5.83. The molecule has 1 aromatic rings. The van der Waals surface area contributed by atoms with E-state index in [9.17, 15) is 19.2 Å². The molecule has 25 heavy (non-hydrogen) atoms. The number of fused-ring (bicyclic) bond motifs is 1. The number of piperidine rings is 1. The maximum atomic E-state index is 12.8. The Kier molecular flexibility index (Phi) is 4.55. The van der Waals surface area contributed by atoms with E-state index in [4.69, 9.17) is 5.73 Å². The second-order valence-corrected chi connectivity index (χ2v) is 5.83. The van der Waals surface area contributed by atoms with Gasteiger partial charge in [-0.2, -0.15) is 0 Å². The highest BCUT2D eigenvalue weighted by Gasteiger charge is 2.39. The molecule has 2 aliphatic heterocycles. The van der Waals surface area contributed by atoms with E-state index in [0.717, 1.165) is 5.56 Å². The van der Waals surface area contributed by atoms with Gasteiger partial charge >= 0.3 is 6.09 Å². The number of benzene rings is 1. The minimum absolute atomic E-state index is 0.0735. The van der Waals surface area contributed by atoms with Crippen molar-refractivity contribution in [2.75, 3.05) is 18.5 Å². The van der Waals surface area contributed by atoms with Crippen LogP contribution in [-0.2, 0) is 20.9 Å². The molecule has 0 aliphatic carbocycles. The largest absolute Gasteiger partial charge is 0.448 e. The molecule has 132 valence electrons. The van der Waals surface area contributed by atoms with Crippen LogP contribution in [0.15, 0.2) is 18.2 Å². The van der Waals surface area contributed by atoms with Crippen molar-refractivity contribution < 1.29 is 23.9 Å². The average molecular weight is 346 g/mol. The lowest BCUT2D eigenvalue weighted by Crippen LogP contribution is -2.52. The summed E-state index contributed by atoms with van der Waals surface area (Å²) in [5.74, 6) is -1.02. The molecule has 3 rings (SSSR count). The van der Waals surface area contributed by atoms with E-state index < -0.39 is 18.0 Å². The van der Waals surface area contributed by atoms with Gasteiger partial charge in [0, 0.05) is 25.2 Å². The van der Waals surface area contributed by atoms with Crippen molar-refractivity contribution in [3.8, 4) is 0 Å². The summed E-state index contributed by atoms with van der Waals surface area (Å²) in [6, 6.07) is 4.72. The molecule has 0 saturated carbocycles. The van der Waals surface area contributed by atoms with Crippen LogP contribution in [0.25, 0.3) is 0 Å². The first-order valence-electron chi connectivity index (χ1n) is 7.90. The van der Waals surface area contributed by atoms with E-state index in [1.807, 2.05) is 6.07 Å². The summed E-state index contributed by atoms with van der Waals surface area (Å²) in [5, 5.41) is 5.31. The Hall–Kier alpha value is -3.10. The Balaban J connectivity index is 1.73. The van der Waals surface area contributed by atoms with E-state index in [-0.39, 0.29) is 24.8 Å². The number of hydrogen-bond acceptors (Lipinski definition) is 6. The Morgan fingerprint density at radius 2 is 2.16 bits per heavy atom. The summed E-state index contributed by atoms with van der Waals surface area (Å²) >= 11 is 0. The van der Waals surface area contributed by atoms with Gasteiger partial charge in [-0.05, 0) is 18.1 Å². The first-order valence-corrected chi connectivity index (χ1v) is 7.90. The summed E-state index contributed by atoms with van der Waals surface area (Å²) in [4.78, 5) is 48.2. The fraction of sp³-hybridized carbons (Fsp3) is 0.375. The fourth-order valence-electron chi connectivity index (χ4n) is 3.10. The molecule has 1 unspecified atom stereocenters. The molecule has 9 heteroatoms. The van der Waals surface area contributed by atoms with Gasteiger partial charge in [0.25, 0.3) is 5.91 Å². The zero-order valence-corrected chi connectivity index (χ0v) is 13.4. The van der Waals surface area contributed by atoms with Crippen LogP contribution < -0.4 is 16.4 Å². The van der Waals surface area contributed by atoms with Crippen molar-refractivity contribution in [1.82, 2.24) is 10.2 Å². The van der Waals surface area contributed by atoms with E-state index >= 15 is 0 Å². The monoisotopic (exact) mass is 346 g/mol. The number of carbonyl (C=O) groups is 4. The highest BCUT2D eigenvalue weighted by atomic mass is 16.5. The van der Waals surface area contributed by atoms with Gasteiger partial charge in [0.15, 0.2) is 0 Å². The molecule has 1 saturated heterocycles. The molecule has 9 nitrogen and oxygen atoms in total. The van der Waals surface area contributed by atoms with E-state index in [1.54, 1.807) is 12.1 Å². The van der Waals surface area contributed by atoms with E-state index in [2.05, 4.69) is 15.4 Å². The van der Waals surface area contributed by atoms with Crippen LogP contribution in [-0.4, -0.2) is 47.9 Å². The number of primary amides is 1. The smallest absolute Gasteiger partial charge is 0.404 e. The van der Waals surface area contributed by atoms with Crippen LogP contribution in [0.3, 0.4) is 0 Å². The number of carbonyl (C=O) groups excluding carboxylic acids is 4. The molecule has 1 fully saturated rings. The summed E-state index contributed by atoms with van der Waals surface area (Å²) < 4.78 is 4.65. The Morgan fingerprint density at radius 3 is 2.88 bits per heavy atom. The van der Waals surface area contributed by atoms with Gasteiger partial charge in [-0.1, -0.05) is 12.1 Å². The zero-order valence-electron chi connectivity index (χ0n) is 13.4. The number of rotatable bonds is 5. The molecule has 1 atom stereocenters.